The number of hydrogen-bond acceptors (Lipinski definition) is 4. The molecule has 1 aliphatic carbocycles. The molecule has 27 heavy (non-hydrogen) atoms. The molecular formula is C21H32N4O2. The first-order valence-electron chi connectivity index (χ1n) is 10.5. The molecule has 2 fully saturated rings. The van der Waals surface area contributed by atoms with Gasteiger partial charge in [0.1, 0.15) is 5.82 Å². The average molecular weight is 373 g/mol. The fourth-order valence-corrected chi connectivity index (χ4v) is 4.01. The molecule has 2 amide bonds. The Morgan fingerprint density at radius 1 is 1.11 bits per heavy atom. The maximum atomic E-state index is 12.3. The summed E-state index contributed by atoms with van der Waals surface area (Å²) >= 11 is 0. The van der Waals surface area contributed by atoms with Crippen molar-refractivity contribution >= 4 is 23.3 Å². The third-order valence-electron chi connectivity index (χ3n) is 5.69. The molecule has 1 aromatic rings. The Hall–Kier alpha value is -2.11. The standard InChI is InChI=1S/C21H32N4O2/c1-2-3-12-22-20(26)17-9-6-13-25(15-17)19-11-10-18(14-23-19)24-21(27)16-7-4-5-8-16/h10-11,14,16-17H,2-9,12-13,15H2,1H3,(H,22,26)(H,24,27)/t17-/m0/s1. The van der Waals surface area contributed by atoms with Crippen LogP contribution in [0.3, 0.4) is 0 Å². The van der Waals surface area contributed by atoms with Gasteiger partial charge in [0, 0.05) is 25.6 Å². The first-order valence-corrected chi connectivity index (χ1v) is 10.5. The van der Waals surface area contributed by atoms with E-state index >= 15 is 0 Å². The summed E-state index contributed by atoms with van der Waals surface area (Å²) < 4.78 is 0. The van der Waals surface area contributed by atoms with Crippen LogP contribution in [-0.2, 0) is 9.59 Å². The van der Waals surface area contributed by atoms with Gasteiger partial charge in [-0.25, -0.2) is 4.98 Å². The number of carbonyl (C=O) groups excluding carboxylic acids is 2. The molecule has 1 atom stereocenters. The number of rotatable bonds is 7. The largest absolute Gasteiger partial charge is 0.356 e. The van der Waals surface area contributed by atoms with Crippen LogP contribution in [0.25, 0.3) is 0 Å². The second kappa shape index (κ2) is 9.72. The Balaban J connectivity index is 1.53. The van der Waals surface area contributed by atoms with E-state index in [1.165, 1.54) is 0 Å². The van der Waals surface area contributed by atoms with Crippen LogP contribution in [-0.4, -0.2) is 36.4 Å². The van der Waals surface area contributed by atoms with Crippen molar-refractivity contribution in [2.75, 3.05) is 29.9 Å². The summed E-state index contributed by atoms with van der Waals surface area (Å²) in [5.41, 5.74) is 0.751. The van der Waals surface area contributed by atoms with E-state index in [1.54, 1.807) is 6.20 Å². The van der Waals surface area contributed by atoms with Crippen molar-refractivity contribution in [2.45, 2.75) is 58.3 Å². The minimum absolute atomic E-state index is 0.0270. The molecule has 1 saturated carbocycles. The number of pyridine rings is 1. The number of hydrogen-bond donors (Lipinski definition) is 2. The summed E-state index contributed by atoms with van der Waals surface area (Å²) in [6, 6.07) is 3.86. The molecule has 148 valence electrons. The number of piperidine rings is 1. The van der Waals surface area contributed by atoms with Crippen LogP contribution in [0, 0.1) is 11.8 Å². The number of unbranched alkanes of at least 4 members (excludes halogenated alkanes) is 1. The smallest absolute Gasteiger partial charge is 0.227 e. The summed E-state index contributed by atoms with van der Waals surface area (Å²) in [6.45, 7) is 4.51. The van der Waals surface area contributed by atoms with Crippen LogP contribution in [0.1, 0.15) is 58.3 Å². The number of aromatic nitrogens is 1. The summed E-state index contributed by atoms with van der Waals surface area (Å²) in [5, 5.41) is 6.03. The van der Waals surface area contributed by atoms with Gasteiger partial charge in [-0.1, -0.05) is 26.2 Å². The highest BCUT2D eigenvalue weighted by Gasteiger charge is 2.26. The number of nitrogens with zero attached hydrogens (tertiary/aromatic N) is 2. The quantitative estimate of drug-likeness (QED) is 0.720. The Morgan fingerprint density at radius 2 is 1.89 bits per heavy atom. The fraction of sp³-hybridized carbons (Fsp3) is 0.667. The first kappa shape index (κ1) is 19.6. The van der Waals surface area contributed by atoms with Crippen molar-refractivity contribution in [3.8, 4) is 0 Å². The molecule has 0 aromatic carbocycles. The van der Waals surface area contributed by atoms with Crippen LogP contribution in [0.4, 0.5) is 11.5 Å². The molecule has 2 aliphatic rings. The molecule has 6 nitrogen and oxygen atoms in total. The summed E-state index contributed by atoms with van der Waals surface area (Å²) in [6.07, 6.45) is 10.1. The van der Waals surface area contributed by atoms with Crippen molar-refractivity contribution in [3.63, 3.8) is 0 Å². The van der Waals surface area contributed by atoms with E-state index in [2.05, 4.69) is 27.4 Å². The monoisotopic (exact) mass is 372 g/mol. The Kier molecular flexibility index (Phi) is 7.07. The van der Waals surface area contributed by atoms with Gasteiger partial charge < -0.3 is 15.5 Å². The first-order chi connectivity index (χ1) is 13.2. The van der Waals surface area contributed by atoms with Crippen molar-refractivity contribution in [2.24, 2.45) is 11.8 Å². The number of anilines is 2. The number of carbonyl (C=O) groups is 2. The van der Waals surface area contributed by atoms with Gasteiger partial charge in [0.25, 0.3) is 0 Å². The van der Waals surface area contributed by atoms with Crippen molar-refractivity contribution in [1.82, 2.24) is 10.3 Å². The zero-order chi connectivity index (χ0) is 19.1. The SMILES string of the molecule is CCCCNC(=O)[C@H]1CCCN(c2ccc(NC(=O)C3CCCC3)cn2)C1. The second-order valence-electron chi connectivity index (χ2n) is 7.81. The highest BCUT2D eigenvalue weighted by molar-refractivity contribution is 5.92. The fourth-order valence-electron chi connectivity index (χ4n) is 4.01. The molecule has 0 unspecified atom stereocenters. The molecular weight excluding hydrogens is 340 g/mol. The van der Waals surface area contributed by atoms with Crippen molar-refractivity contribution < 1.29 is 9.59 Å². The highest BCUT2D eigenvalue weighted by atomic mass is 16.2. The van der Waals surface area contributed by atoms with E-state index in [4.69, 9.17) is 0 Å². The molecule has 0 spiro atoms. The molecule has 0 bridgehead atoms. The molecule has 0 radical (unpaired) electrons. The lowest BCUT2D eigenvalue weighted by Gasteiger charge is -2.33. The van der Waals surface area contributed by atoms with E-state index in [1.807, 2.05) is 12.1 Å². The molecule has 1 aliphatic heterocycles. The van der Waals surface area contributed by atoms with Gasteiger partial charge in [0.2, 0.25) is 11.8 Å². The summed E-state index contributed by atoms with van der Waals surface area (Å²) in [4.78, 5) is 31.3. The summed E-state index contributed by atoms with van der Waals surface area (Å²) in [7, 11) is 0. The van der Waals surface area contributed by atoms with Gasteiger partial charge in [-0.15, -0.1) is 0 Å². The van der Waals surface area contributed by atoms with Crippen molar-refractivity contribution in [1.29, 1.82) is 0 Å². The van der Waals surface area contributed by atoms with E-state index in [0.717, 1.165) is 76.0 Å². The Labute approximate surface area is 162 Å². The Morgan fingerprint density at radius 3 is 2.59 bits per heavy atom. The van der Waals surface area contributed by atoms with Gasteiger partial charge in [0.15, 0.2) is 0 Å². The average Bonchev–Trinajstić information content (AvgIpc) is 3.24. The molecule has 3 rings (SSSR count). The zero-order valence-corrected chi connectivity index (χ0v) is 16.4. The lowest BCUT2D eigenvalue weighted by atomic mass is 9.97. The van der Waals surface area contributed by atoms with Crippen LogP contribution >= 0.6 is 0 Å². The van der Waals surface area contributed by atoms with Crippen LogP contribution < -0.4 is 15.5 Å². The van der Waals surface area contributed by atoms with Gasteiger partial charge in [-0.3, -0.25) is 9.59 Å². The molecule has 2 N–H and O–H groups in total. The van der Waals surface area contributed by atoms with Gasteiger partial charge in [-0.05, 0) is 44.2 Å². The zero-order valence-electron chi connectivity index (χ0n) is 16.4. The normalized spacial score (nSPS) is 20.5. The molecule has 1 saturated heterocycles. The van der Waals surface area contributed by atoms with Crippen molar-refractivity contribution in [3.05, 3.63) is 18.3 Å². The van der Waals surface area contributed by atoms with E-state index < -0.39 is 0 Å². The van der Waals surface area contributed by atoms with Gasteiger partial charge >= 0.3 is 0 Å². The van der Waals surface area contributed by atoms with Gasteiger partial charge in [-0.2, -0.15) is 0 Å². The lowest BCUT2D eigenvalue weighted by Crippen LogP contribution is -2.43. The molecule has 6 heteroatoms. The second-order valence-corrected chi connectivity index (χ2v) is 7.81. The van der Waals surface area contributed by atoms with E-state index in [-0.39, 0.29) is 23.7 Å². The van der Waals surface area contributed by atoms with E-state index in [9.17, 15) is 9.59 Å². The lowest BCUT2D eigenvalue weighted by molar-refractivity contribution is -0.125. The van der Waals surface area contributed by atoms with Crippen LogP contribution in [0.5, 0.6) is 0 Å². The molecule has 1 aromatic heterocycles. The third kappa shape index (κ3) is 5.44. The summed E-state index contributed by atoms with van der Waals surface area (Å²) in [5.74, 6) is 1.33. The maximum absolute atomic E-state index is 12.3. The maximum Gasteiger partial charge on any atom is 0.227 e. The van der Waals surface area contributed by atoms with Crippen LogP contribution in [0.2, 0.25) is 0 Å². The molecule has 2 heterocycles. The minimum Gasteiger partial charge on any atom is -0.356 e. The van der Waals surface area contributed by atoms with Gasteiger partial charge in [0.05, 0.1) is 17.8 Å². The predicted molar refractivity (Wildman–Crippen MR) is 108 cm³/mol. The number of amides is 2. The third-order valence-corrected chi connectivity index (χ3v) is 5.69. The highest BCUT2D eigenvalue weighted by Crippen LogP contribution is 2.27. The topological polar surface area (TPSA) is 74.3 Å². The predicted octanol–water partition coefficient (Wildman–Crippen LogP) is 3.34. The minimum atomic E-state index is 0.0270. The van der Waals surface area contributed by atoms with E-state index in [0.29, 0.717) is 6.54 Å². The van der Waals surface area contributed by atoms with Crippen LogP contribution in [0.15, 0.2) is 18.3 Å². The Bertz CT molecular complexity index is 626. The number of nitrogens with one attached hydrogen (secondary N) is 2.